The minimum absolute atomic E-state index is 0.226. The Labute approximate surface area is 184 Å². The number of rotatable bonds is 4. The Morgan fingerprint density at radius 3 is 2.32 bits per heavy atom. The van der Waals surface area contributed by atoms with E-state index in [2.05, 4.69) is 0 Å². The van der Waals surface area contributed by atoms with Gasteiger partial charge < -0.3 is 9.64 Å². The number of halogens is 1. The Hall–Kier alpha value is -2.97. The molecule has 0 radical (unpaired) electrons. The smallest absolute Gasteiger partial charge is 0.343 e. The summed E-state index contributed by atoms with van der Waals surface area (Å²) in [6.45, 7) is 1.13. The second-order valence-corrected chi connectivity index (χ2v) is 8.56. The summed E-state index contributed by atoms with van der Waals surface area (Å²) in [5.41, 5.74) is 2.72. The van der Waals surface area contributed by atoms with Gasteiger partial charge in [0.25, 0.3) is 0 Å². The normalized spacial score (nSPS) is 14.5. The predicted molar refractivity (Wildman–Crippen MR) is 118 cm³/mol. The van der Waals surface area contributed by atoms with Crippen molar-refractivity contribution in [3.63, 3.8) is 0 Å². The lowest BCUT2D eigenvalue weighted by Crippen LogP contribution is -2.43. The molecule has 2 amide bonds. The van der Waals surface area contributed by atoms with Crippen LogP contribution in [0.5, 0.6) is 5.75 Å². The number of hydroxylamine groups is 2. The third kappa shape index (κ3) is 4.55. The summed E-state index contributed by atoms with van der Waals surface area (Å²) in [5, 5.41) is 11.0. The van der Waals surface area contributed by atoms with Gasteiger partial charge in [0.15, 0.2) is 0 Å². The molecule has 0 spiro atoms. The first-order valence-electron chi connectivity index (χ1n) is 10.1. The number of ether oxygens (including phenoxy) is 1. The molecule has 4 rings (SSSR count). The number of amides is 2. The van der Waals surface area contributed by atoms with Crippen LogP contribution in [0.4, 0.5) is 9.18 Å². The van der Waals surface area contributed by atoms with E-state index in [0.717, 1.165) is 45.3 Å². The number of benzene rings is 2. The number of likely N-dealkylation sites (tertiary alicyclic amines) is 1. The van der Waals surface area contributed by atoms with E-state index in [1.807, 2.05) is 24.3 Å². The molecule has 31 heavy (non-hydrogen) atoms. The molecule has 1 N–H and O–H groups in total. The molecule has 1 aliphatic rings. The molecule has 162 valence electrons. The van der Waals surface area contributed by atoms with Gasteiger partial charge in [-0.15, -0.1) is 11.3 Å². The van der Waals surface area contributed by atoms with Crippen molar-refractivity contribution in [3.05, 3.63) is 59.4 Å². The average Bonchev–Trinajstić information content (AvgIpc) is 3.24. The summed E-state index contributed by atoms with van der Waals surface area (Å²) in [6.07, 6.45) is 1.55. The number of nitrogens with zero attached hydrogens (tertiary/aromatic N) is 3. The first-order chi connectivity index (χ1) is 15.0. The highest BCUT2D eigenvalue weighted by atomic mass is 32.1. The van der Waals surface area contributed by atoms with Crippen LogP contribution in [0, 0.1) is 5.82 Å². The standard InChI is InChI=1S/C23H24FN3O3S/c1-26(29)23(28)27-13-11-17(12-14-27)22-25-20(15-3-7-18(24)8-4-15)21(31-22)16-5-9-19(30-2)10-6-16/h3-10,17,29H,11-14H2,1-2H3. The van der Waals surface area contributed by atoms with Crippen molar-refractivity contribution in [2.75, 3.05) is 27.2 Å². The van der Waals surface area contributed by atoms with Crippen molar-refractivity contribution in [2.45, 2.75) is 18.8 Å². The lowest BCUT2D eigenvalue weighted by atomic mass is 9.97. The Kier molecular flexibility index (Phi) is 6.20. The van der Waals surface area contributed by atoms with Crippen LogP contribution in [0.3, 0.4) is 0 Å². The van der Waals surface area contributed by atoms with Crippen molar-refractivity contribution >= 4 is 17.4 Å². The molecule has 8 heteroatoms. The maximum absolute atomic E-state index is 13.5. The van der Waals surface area contributed by atoms with Crippen molar-refractivity contribution < 1.29 is 19.1 Å². The summed E-state index contributed by atoms with van der Waals surface area (Å²) in [6, 6.07) is 13.8. The fourth-order valence-electron chi connectivity index (χ4n) is 3.78. The molecule has 1 aliphatic heterocycles. The van der Waals surface area contributed by atoms with E-state index >= 15 is 0 Å². The third-order valence-electron chi connectivity index (χ3n) is 5.51. The topological polar surface area (TPSA) is 65.9 Å². The van der Waals surface area contributed by atoms with E-state index < -0.39 is 0 Å². The number of hydrogen-bond acceptors (Lipinski definition) is 5. The first-order valence-corrected chi connectivity index (χ1v) is 10.9. The van der Waals surface area contributed by atoms with Crippen LogP contribution in [-0.2, 0) is 0 Å². The zero-order valence-electron chi connectivity index (χ0n) is 17.4. The Morgan fingerprint density at radius 1 is 1.13 bits per heavy atom. The zero-order valence-corrected chi connectivity index (χ0v) is 18.2. The molecule has 0 bridgehead atoms. The molecule has 2 aromatic carbocycles. The van der Waals surface area contributed by atoms with Gasteiger partial charge in [-0.3, -0.25) is 5.21 Å². The molecule has 1 saturated heterocycles. The van der Waals surface area contributed by atoms with Crippen molar-refractivity contribution in [1.29, 1.82) is 0 Å². The van der Waals surface area contributed by atoms with Crippen LogP contribution in [0.2, 0.25) is 0 Å². The van der Waals surface area contributed by atoms with Gasteiger partial charge in [0, 0.05) is 31.6 Å². The van der Waals surface area contributed by atoms with Gasteiger partial charge in [-0.1, -0.05) is 0 Å². The summed E-state index contributed by atoms with van der Waals surface area (Å²) in [7, 11) is 2.97. The molecule has 0 unspecified atom stereocenters. The second-order valence-electron chi connectivity index (χ2n) is 7.53. The van der Waals surface area contributed by atoms with Gasteiger partial charge in [0.2, 0.25) is 0 Å². The largest absolute Gasteiger partial charge is 0.497 e. The van der Waals surface area contributed by atoms with Crippen molar-refractivity contribution in [3.8, 4) is 27.4 Å². The molecule has 0 atom stereocenters. The lowest BCUT2D eigenvalue weighted by molar-refractivity contribution is -0.0356. The summed E-state index contributed by atoms with van der Waals surface area (Å²) < 4.78 is 18.8. The van der Waals surface area contributed by atoms with Crippen LogP contribution in [-0.4, -0.2) is 53.4 Å². The number of thiazole rings is 1. The SMILES string of the molecule is COc1ccc(-c2sc(C3CCN(C(=O)N(C)O)CC3)nc2-c2ccc(F)cc2)cc1. The number of methoxy groups -OCH3 is 1. The highest BCUT2D eigenvalue weighted by Crippen LogP contribution is 2.42. The van der Waals surface area contributed by atoms with Crippen LogP contribution in [0.1, 0.15) is 23.8 Å². The minimum Gasteiger partial charge on any atom is -0.497 e. The number of hydrogen-bond donors (Lipinski definition) is 1. The fourth-order valence-corrected chi connectivity index (χ4v) is 5.04. The van der Waals surface area contributed by atoms with Crippen LogP contribution in [0.25, 0.3) is 21.7 Å². The highest BCUT2D eigenvalue weighted by Gasteiger charge is 2.28. The summed E-state index contributed by atoms with van der Waals surface area (Å²) >= 11 is 1.64. The Bertz CT molecular complexity index is 1040. The molecule has 2 heterocycles. The summed E-state index contributed by atoms with van der Waals surface area (Å²) in [5.74, 6) is 0.725. The van der Waals surface area contributed by atoms with Gasteiger partial charge in [-0.25, -0.2) is 19.2 Å². The van der Waals surface area contributed by atoms with Gasteiger partial charge in [0.05, 0.1) is 22.7 Å². The third-order valence-corrected chi connectivity index (χ3v) is 6.77. The number of aromatic nitrogens is 1. The maximum Gasteiger partial charge on any atom is 0.343 e. The van der Waals surface area contributed by atoms with E-state index in [1.165, 1.54) is 19.2 Å². The Morgan fingerprint density at radius 2 is 1.74 bits per heavy atom. The van der Waals surface area contributed by atoms with Crippen LogP contribution in [0.15, 0.2) is 48.5 Å². The molecule has 6 nitrogen and oxygen atoms in total. The quantitative estimate of drug-likeness (QED) is 0.444. The number of carbonyl (C=O) groups excluding carboxylic acids is 1. The first kappa shape index (κ1) is 21.3. The molecule has 0 saturated carbocycles. The molecule has 3 aromatic rings. The number of urea groups is 1. The minimum atomic E-state index is -0.386. The van der Waals surface area contributed by atoms with Gasteiger partial charge in [-0.2, -0.15) is 0 Å². The summed E-state index contributed by atoms with van der Waals surface area (Å²) in [4.78, 5) is 19.6. The van der Waals surface area contributed by atoms with Gasteiger partial charge in [0.1, 0.15) is 11.6 Å². The van der Waals surface area contributed by atoms with Crippen molar-refractivity contribution in [2.24, 2.45) is 0 Å². The average molecular weight is 442 g/mol. The van der Waals surface area contributed by atoms with E-state index in [0.29, 0.717) is 18.2 Å². The van der Waals surface area contributed by atoms with E-state index in [-0.39, 0.29) is 17.8 Å². The van der Waals surface area contributed by atoms with Crippen molar-refractivity contribution in [1.82, 2.24) is 14.9 Å². The molecule has 1 aromatic heterocycles. The van der Waals surface area contributed by atoms with Crippen LogP contribution < -0.4 is 4.74 Å². The van der Waals surface area contributed by atoms with E-state index in [1.54, 1.807) is 35.5 Å². The Balaban J connectivity index is 1.65. The van der Waals surface area contributed by atoms with E-state index in [9.17, 15) is 14.4 Å². The molecular weight excluding hydrogens is 417 g/mol. The monoisotopic (exact) mass is 441 g/mol. The number of carbonyl (C=O) groups is 1. The predicted octanol–water partition coefficient (Wildman–Crippen LogP) is 5.25. The molecule has 0 aliphatic carbocycles. The lowest BCUT2D eigenvalue weighted by Gasteiger charge is -2.32. The fraction of sp³-hybridized carbons (Fsp3) is 0.304. The van der Waals surface area contributed by atoms with E-state index in [4.69, 9.17) is 9.72 Å². The zero-order chi connectivity index (χ0) is 22.0. The highest BCUT2D eigenvalue weighted by molar-refractivity contribution is 7.15. The number of piperidine rings is 1. The van der Waals surface area contributed by atoms with Gasteiger partial charge in [-0.05, 0) is 66.9 Å². The maximum atomic E-state index is 13.5. The van der Waals surface area contributed by atoms with Crippen LogP contribution >= 0.6 is 11.3 Å². The molecule has 1 fully saturated rings. The van der Waals surface area contributed by atoms with Gasteiger partial charge >= 0.3 is 6.03 Å². The second kappa shape index (κ2) is 9.03. The molecular formula is C23H24FN3O3S.